The lowest BCUT2D eigenvalue weighted by atomic mass is 9.99. The summed E-state index contributed by atoms with van der Waals surface area (Å²) in [5.41, 5.74) is 7.01. The van der Waals surface area contributed by atoms with Gasteiger partial charge in [-0.1, -0.05) is 40.2 Å². The van der Waals surface area contributed by atoms with Gasteiger partial charge in [0.1, 0.15) is 0 Å². The molecule has 0 bridgehead atoms. The van der Waals surface area contributed by atoms with E-state index in [1.807, 2.05) is 13.8 Å². The second-order valence-electron chi connectivity index (χ2n) is 5.97. The summed E-state index contributed by atoms with van der Waals surface area (Å²) in [5, 5.41) is 2.72. The van der Waals surface area contributed by atoms with E-state index < -0.39 is 16.1 Å². The number of hydrogen-bond acceptors (Lipinski definition) is 4. The van der Waals surface area contributed by atoms with Crippen LogP contribution in [0, 0.1) is 12.8 Å². The number of hydrogen-bond donors (Lipinski definition) is 2. The van der Waals surface area contributed by atoms with E-state index in [9.17, 15) is 13.2 Å². The molecule has 3 N–H and O–H groups in total. The second-order valence-corrected chi connectivity index (χ2v) is 7.88. The molecule has 0 heterocycles. The predicted molar refractivity (Wildman–Crippen MR) is 105 cm³/mol. The van der Waals surface area contributed by atoms with Crippen LogP contribution < -0.4 is 11.1 Å². The first-order valence-electron chi connectivity index (χ1n) is 8.36. The fourth-order valence-corrected chi connectivity index (χ4v) is 4.11. The molecule has 1 amide bonds. The highest BCUT2D eigenvalue weighted by atomic mass is 35.5. The number of carbonyl (C=O) groups is 1. The minimum Gasteiger partial charge on any atom is -0.325 e. The van der Waals surface area contributed by atoms with Gasteiger partial charge in [0.05, 0.1) is 10.9 Å². The molecular formula is C17H30ClN3O3S. The van der Waals surface area contributed by atoms with Gasteiger partial charge in [-0.15, -0.1) is 12.4 Å². The van der Waals surface area contributed by atoms with Crippen LogP contribution in [-0.2, 0) is 14.8 Å². The molecule has 0 saturated carbocycles. The van der Waals surface area contributed by atoms with Crippen LogP contribution in [0.1, 0.15) is 39.7 Å². The Balaban J connectivity index is 0.00000576. The number of carbonyl (C=O) groups excluding carboxylic acids is 1. The summed E-state index contributed by atoms with van der Waals surface area (Å²) in [6, 6.07) is 4.27. The molecule has 8 heteroatoms. The Morgan fingerprint density at radius 2 is 1.80 bits per heavy atom. The summed E-state index contributed by atoms with van der Waals surface area (Å²) in [4.78, 5) is 12.4. The smallest absolute Gasteiger partial charge is 0.243 e. The molecule has 1 aromatic rings. The second kappa shape index (κ2) is 10.1. The van der Waals surface area contributed by atoms with Crippen LogP contribution in [0.4, 0.5) is 5.69 Å². The highest BCUT2D eigenvalue weighted by Gasteiger charge is 2.25. The molecule has 0 aliphatic heterocycles. The van der Waals surface area contributed by atoms with E-state index in [0.29, 0.717) is 24.3 Å². The number of aryl methyl sites for hydroxylation is 1. The SMILES string of the molecule is CCC(C)C(N)C(=O)Nc1ccc(C)c(S(=O)(=O)N(CC)CC)c1.Cl. The van der Waals surface area contributed by atoms with E-state index >= 15 is 0 Å². The Hall–Kier alpha value is -1.15. The van der Waals surface area contributed by atoms with Gasteiger partial charge in [0.25, 0.3) is 0 Å². The van der Waals surface area contributed by atoms with E-state index in [0.717, 1.165) is 6.42 Å². The van der Waals surface area contributed by atoms with Crippen LogP contribution in [-0.4, -0.2) is 37.8 Å². The largest absolute Gasteiger partial charge is 0.325 e. The first kappa shape index (κ1) is 23.9. The number of rotatable bonds is 8. The summed E-state index contributed by atoms with van der Waals surface area (Å²) in [5.74, 6) is -0.256. The molecule has 0 aromatic heterocycles. The fourth-order valence-electron chi connectivity index (χ4n) is 2.40. The molecule has 0 saturated heterocycles. The third-order valence-electron chi connectivity index (χ3n) is 4.34. The van der Waals surface area contributed by atoms with Crippen molar-refractivity contribution in [2.45, 2.75) is 52.0 Å². The Morgan fingerprint density at radius 1 is 1.24 bits per heavy atom. The maximum absolute atomic E-state index is 12.7. The Bertz CT molecular complexity index is 676. The summed E-state index contributed by atoms with van der Waals surface area (Å²) in [6.07, 6.45) is 0.796. The van der Waals surface area contributed by atoms with Crippen molar-refractivity contribution in [3.8, 4) is 0 Å². The molecule has 2 unspecified atom stereocenters. The molecule has 0 fully saturated rings. The van der Waals surface area contributed by atoms with Crippen molar-refractivity contribution in [1.82, 2.24) is 4.31 Å². The van der Waals surface area contributed by atoms with E-state index in [2.05, 4.69) is 5.32 Å². The lowest BCUT2D eigenvalue weighted by Crippen LogP contribution is -2.40. The van der Waals surface area contributed by atoms with Gasteiger partial charge in [-0.2, -0.15) is 4.31 Å². The predicted octanol–water partition coefficient (Wildman–Crippen LogP) is 2.76. The van der Waals surface area contributed by atoms with Gasteiger partial charge < -0.3 is 11.1 Å². The molecular weight excluding hydrogens is 362 g/mol. The average molecular weight is 392 g/mol. The van der Waals surface area contributed by atoms with Gasteiger partial charge in [0.2, 0.25) is 15.9 Å². The molecule has 1 rings (SSSR count). The van der Waals surface area contributed by atoms with Crippen molar-refractivity contribution < 1.29 is 13.2 Å². The fraction of sp³-hybridized carbons (Fsp3) is 0.588. The number of nitrogens with zero attached hydrogens (tertiary/aromatic N) is 1. The lowest BCUT2D eigenvalue weighted by molar-refractivity contribution is -0.118. The minimum absolute atomic E-state index is 0. The van der Waals surface area contributed by atoms with Crippen molar-refractivity contribution >= 4 is 34.0 Å². The molecule has 0 radical (unpaired) electrons. The molecule has 0 aliphatic carbocycles. The van der Waals surface area contributed by atoms with Crippen LogP contribution in [0.25, 0.3) is 0 Å². The lowest BCUT2D eigenvalue weighted by Gasteiger charge is -2.21. The topological polar surface area (TPSA) is 92.5 Å². The molecule has 144 valence electrons. The third kappa shape index (κ3) is 5.67. The van der Waals surface area contributed by atoms with Crippen molar-refractivity contribution in [1.29, 1.82) is 0 Å². The number of nitrogens with one attached hydrogen (secondary N) is 1. The van der Waals surface area contributed by atoms with Crippen LogP contribution in [0.2, 0.25) is 0 Å². The maximum atomic E-state index is 12.7. The molecule has 6 nitrogen and oxygen atoms in total. The van der Waals surface area contributed by atoms with E-state index in [1.165, 1.54) is 10.4 Å². The number of amides is 1. The van der Waals surface area contributed by atoms with Crippen LogP contribution in [0.15, 0.2) is 23.1 Å². The van der Waals surface area contributed by atoms with E-state index in [1.54, 1.807) is 32.9 Å². The monoisotopic (exact) mass is 391 g/mol. The highest BCUT2D eigenvalue weighted by Crippen LogP contribution is 2.24. The summed E-state index contributed by atoms with van der Waals surface area (Å²) >= 11 is 0. The van der Waals surface area contributed by atoms with Crippen molar-refractivity contribution in [3.05, 3.63) is 23.8 Å². The van der Waals surface area contributed by atoms with E-state index in [4.69, 9.17) is 5.73 Å². The maximum Gasteiger partial charge on any atom is 0.243 e. The zero-order chi connectivity index (χ0) is 18.5. The van der Waals surface area contributed by atoms with Crippen molar-refractivity contribution in [2.75, 3.05) is 18.4 Å². The summed E-state index contributed by atoms with van der Waals surface area (Å²) in [7, 11) is -3.58. The van der Waals surface area contributed by atoms with Gasteiger partial charge in [0.15, 0.2) is 0 Å². The normalized spacial score (nSPS) is 13.9. The van der Waals surface area contributed by atoms with Crippen LogP contribution in [0.3, 0.4) is 0 Å². The van der Waals surface area contributed by atoms with Gasteiger partial charge in [-0.25, -0.2) is 8.42 Å². The number of anilines is 1. The third-order valence-corrected chi connectivity index (χ3v) is 6.53. The van der Waals surface area contributed by atoms with Crippen molar-refractivity contribution in [3.63, 3.8) is 0 Å². The number of benzene rings is 1. The summed E-state index contributed by atoms with van der Waals surface area (Å²) < 4.78 is 26.9. The number of halogens is 1. The number of sulfonamides is 1. The zero-order valence-corrected chi connectivity index (χ0v) is 17.2. The van der Waals surface area contributed by atoms with Gasteiger partial charge in [-0.3, -0.25) is 4.79 Å². The number of nitrogens with two attached hydrogens (primary N) is 1. The Kier molecular flexibility index (Phi) is 9.64. The Morgan fingerprint density at radius 3 is 2.28 bits per heavy atom. The zero-order valence-electron chi connectivity index (χ0n) is 15.6. The first-order chi connectivity index (χ1) is 11.2. The van der Waals surface area contributed by atoms with Crippen LogP contribution in [0.5, 0.6) is 0 Å². The molecule has 2 atom stereocenters. The van der Waals surface area contributed by atoms with Crippen molar-refractivity contribution in [2.24, 2.45) is 11.7 Å². The molecule has 1 aromatic carbocycles. The summed E-state index contributed by atoms with van der Waals surface area (Å²) in [6.45, 7) is 10.0. The van der Waals surface area contributed by atoms with Gasteiger partial charge >= 0.3 is 0 Å². The van der Waals surface area contributed by atoms with E-state index in [-0.39, 0.29) is 29.1 Å². The minimum atomic E-state index is -3.58. The molecule has 0 aliphatic rings. The quantitative estimate of drug-likeness (QED) is 0.712. The Labute approximate surface area is 157 Å². The van der Waals surface area contributed by atoms with Crippen LogP contribution >= 0.6 is 12.4 Å². The molecule has 0 spiro atoms. The van der Waals surface area contributed by atoms with Gasteiger partial charge in [0, 0.05) is 18.8 Å². The molecule has 25 heavy (non-hydrogen) atoms. The van der Waals surface area contributed by atoms with Gasteiger partial charge in [-0.05, 0) is 30.5 Å². The average Bonchev–Trinajstić information content (AvgIpc) is 2.55. The first-order valence-corrected chi connectivity index (χ1v) is 9.80. The standard InChI is InChI=1S/C17H29N3O3S.ClH/c1-6-12(4)16(18)17(21)19-14-10-9-13(5)15(11-14)24(22,23)20(7-2)8-3;/h9-12,16H,6-8,18H2,1-5H3,(H,19,21);1H. The highest BCUT2D eigenvalue weighted by molar-refractivity contribution is 7.89.